The van der Waals surface area contributed by atoms with Crippen molar-refractivity contribution in [3.63, 3.8) is 0 Å². The highest BCUT2D eigenvalue weighted by Gasteiger charge is 2.30. The Hall–Kier alpha value is -2.78. The molecule has 4 N–H and O–H groups in total. The minimum Gasteiger partial charge on any atom is -0.396 e. The second-order valence-corrected chi connectivity index (χ2v) is 8.79. The number of likely N-dealkylation sites (N-methyl/N-ethyl adjacent to an activating group) is 1. The molecule has 1 aromatic carbocycles. The summed E-state index contributed by atoms with van der Waals surface area (Å²) >= 11 is 0. The van der Waals surface area contributed by atoms with Gasteiger partial charge in [0, 0.05) is 37.8 Å². The van der Waals surface area contributed by atoms with E-state index in [1.54, 1.807) is 12.1 Å². The van der Waals surface area contributed by atoms with Crippen molar-refractivity contribution < 1.29 is 4.39 Å². The second-order valence-electron chi connectivity index (χ2n) is 8.79. The maximum Gasteiger partial charge on any atom is 0.164 e. The highest BCUT2D eigenvalue weighted by molar-refractivity contribution is 5.98. The van der Waals surface area contributed by atoms with Gasteiger partial charge < -0.3 is 16.4 Å². The normalized spacial score (nSPS) is 23.4. The van der Waals surface area contributed by atoms with Gasteiger partial charge in [0.15, 0.2) is 5.65 Å². The number of aromatic nitrogens is 4. The molecule has 1 aliphatic carbocycles. The number of nitrogen functional groups attached to an aromatic ring is 2. The van der Waals surface area contributed by atoms with Gasteiger partial charge in [0.2, 0.25) is 0 Å². The molecule has 2 fully saturated rings. The van der Waals surface area contributed by atoms with E-state index in [0.29, 0.717) is 34.2 Å². The molecule has 2 aromatic heterocycles. The van der Waals surface area contributed by atoms with Gasteiger partial charge in [-0.2, -0.15) is 5.10 Å². The SMILES string of the molecule is CN1CCN(C2CCC(n3nc(-c4ccc(N)c(F)c4)c4c(N)ncnc43)CC2)CC1. The zero-order valence-corrected chi connectivity index (χ0v) is 17.8. The van der Waals surface area contributed by atoms with Gasteiger partial charge in [-0.25, -0.2) is 19.0 Å². The summed E-state index contributed by atoms with van der Waals surface area (Å²) in [4.78, 5) is 13.7. The van der Waals surface area contributed by atoms with E-state index in [1.165, 1.54) is 12.4 Å². The number of anilines is 2. The minimum absolute atomic E-state index is 0.110. The van der Waals surface area contributed by atoms with Crippen molar-refractivity contribution in [1.82, 2.24) is 29.5 Å². The van der Waals surface area contributed by atoms with Crippen LogP contribution in [0.25, 0.3) is 22.3 Å². The Balaban J connectivity index is 1.43. The van der Waals surface area contributed by atoms with E-state index in [-0.39, 0.29) is 11.7 Å². The van der Waals surface area contributed by atoms with Gasteiger partial charge in [-0.15, -0.1) is 0 Å². The molecule has 9 heteroatoms. The van der Waals surface area contributed by atoms with Gasteiger partial charge in [-0.1, -0.05) is 6.07 Å². The van der Waals surface area contributed by atoms with Crippen molar-refractivity contribution in [2.45, 2.75) is 37.8 Å². The lowest BCUT2D eigenvalue weighted by Gasteiger charge is -2.41. The third kappa shape index (κ3) is 3.72. The van der Waals surface area contributed by atoms with Crippen LogP contribution < -0.4 is 11.5 Å². The largest absolute Gasteiger partial charge is 0.396 e. The molecular formula is C22H29FN8. The summed E-state index contributed by atoms with van der Waals surface area (Å²) < 4.78 is 16.1. The fraction of sp³-hybridized carbons (Fsp3) is 0.500. The Labute approximate surface area is 181 Å². The predicted molar refractivity (Wildman–Crippen MR) is 120 cm³/mol. The molecule has 3 aromatic rings. The first-order chi connectivity index (χ1) is 15.0. The van der Waals surface area contributed by atoms with Gasteiger partial charge in [0.1, 0.15) is 23.7 Å². The van der Waals surface area contributed by atoms with Crippen molar-refractivity contribution in [1.29, 1.82) is 0 Å². The monoisotopic (exact) mass is 424 g/mol. The topological polar surface area (TPSA) is 102 Å². The Kier molecular flexibility index (Phi) is 5.23. The van der Waals surface area contributed by atoms with Crippen LogP contribution in [0.3, 0.4) is 0 Å². The molecule has 0 unspecified atom stereocenters. The second kappa shape index (κ2) is 8.05. The van der Waals surface area contributed by atoms with Crippen LogP contribution >= 0.6 is 0 Å². The smallest absolute Gasteiger partial charge is 0.164 e. The average molecular weight is 425 g/mol. The standard InChI is InChI=1S/C22H29FN8/c1-29-8-10-30(11-9-29)15-3-5-16(6-4-15)31-22-19(21(25)26-13-27-22)20(28-31)14-2-7-18(24)17(23)12-14/h2,7,12-13,15-16H,3-6,8-11,24H2,1H3,(H2,25,26,27). The average Bonchev–Trinajstić information content (AvgIpc) is 3.17. The quantitative estimate of drug-likeness (QED) is 0.623. The molecule has 1 saturated carbocycles. The highest BCUT2D eigenvalue weighted by Crippen LogP contribution is 2.37. The van der Waals surface area contributed by atoms with Crippen molar-refractivity contribution in [3.05, 3.63) is 30.3 Å². The summed E-state index contributed by atoms with van der Waals surface area (Å²) in [5.41, 5.74) is 13.9. The number of nitrogens with zero attached hydrogens (tertiary/aromatic N) is 6. The Bertz CT molecular complexity index is 1080. The molecule has 5 rings (SSSR count). The predicted octanol–water partition coefficient (Wildman–Crippen LogP) is 2.53. The van der Waals surface area contributed by atoms with Crippen molar-refractivity contribution in [3.8, 4) is 11.3 Å². The van der Waals surface area contributed by atoms with E-state index >= 15 is 0 Å². The molecule has 0 amide bonds. The van der Waals surface area contributed by atoms with E-state index in [1.807, 2.05) is 4.68 Å². The lowest BCUT2D eigenvalue weighted by Crippen LogP contribution is -2.49. The van der Waals surface area contributed by atoms with Crippen LogP contribution in [0.5, 0.6) is 0 Å². The van der Waals surface area contributed by atoms with E-state index in [2.05, 4.69) is 26.8 Å². The van der Waals surface area contributed by atoms with Crippen molar-refractivity contribution >= 4 is 22.5 Å². The summed E-state index contributed by atoms with van der Waals surface area (Å²) in [5.74, 6) is -0.113. The number of nitrogens with two attached hydrogens (primary N) is 2. The van der Waals surface area contributed by atoms with Crippen LogP contribution in [0.4, 0.5) is 15.9 Å². The van der Waals surface area contributed by atoms with E-state index in [0.717, 1.165) is 51.9 Å². The third-order valence-corrected chi connectivity index (χ3v) is 6.86. The molecule has 1 saturated heterocycles. The summed E-state index contributed by atoms with van der Waals surface area (Å²) in [6, 6.07) is 5.60. The van der Waals surface area contributed by atoms with E-state index < -0.39 is 5.82 Å². The minimum atomic E-state index is -0.469. The lowest BCUT2D eigenvalue weighted by atomic mass is 9.90. The van der Waals surface area contributed by atoms with Crippen molar-refractivity contribution in [2.75, 3.05) is 44.7 Å². The molecular weight excluding hydrogens is 395 g/mol. The molecule has 0 atom stereocenters. The molecule has 0 radical (unpaired) electrons. The fourth-order valence-corrected chi connectivity index (χ4v) is 4.98. The summed E-state index contributed by atoms with van der Waals surface area (Å²) in [6.45, 7) is 4.57. The van der Waals surface area contributed by atoms with Gasteiger partial charge in [0.25, 0.3) is 0 Å². The van der Waals surface area contributed by atoms with Gasteiger partial charge in [-0.3, -0.25) is 4.90 Å². The Morgan fingerprint density at radius 1 is 0.968 bits per heavy atom. The third-order valence-electron chi connectivity index (χ3n) is 6.86. The number of hydrogen-bond acceptors (Lipinski definition) is 7. The van der Waals surface area contributed by atoms with Gasteiger partial charge in [-0.05, 0) is 44.9 Å². The zero-order valence-electron chi connectivity index (χ0n) is 17.8. The molecule has 0 spiro atoms. The molecule has 1 aliphatic heterocycles. The summed E-state index contributed by atoms with van der Waals surface area (Å²) in [7, 11) is 2.19. The molecule has 164 valence electrons. The number of fused-ring (bicyclic) bond motifs is 1. The molecule has 0 bridgehead atoms. The number of hydrogen-bond donors (Lipinski definition) is 2. The summed E-state index contributed by atoms with van der Waals surface area (Å²) in [5, 5.41) is 5.54. The first-order valence-corrected chi connectivity index (χ1v) is 11.0. The number of benzene rings is 1. The number of halogens is 1. The van der Waals surface area contributed by atoms with Gasteiger partial charge >= 0.3 is 0 Å². The van der Waals surface area contributed by atoms with Gasteiger partial charge in [0.05, 0.1) is 17.1 Å². The molecule has 3 heterocycles. The Morgan fingerprint density at radius 2 is 1.68 bits per heavy atom. The van der Waals surface area contributed by atoms with Crippen LogP contribution in [0.1, 0.15) is 31.7 Å². The highest BCUT2D eigenvalue weighted by atomic mass is 19.1. The summed E-state index contributed by atoms with van der Waals surface area (Å²) in [6.07, 6.45) is 5.82. The molecule has 8 nitrogen and oxygen atoms in total. The number of piperazine rings is 1. The van der Waals surface area contributed by atoms with Crippen LogP contribution in [-0.2, 0) is 0 Å². The maximum atomic E-state index is 14.1. The van der Waals surface area contributed by atoms with Crippen molar-refractivity contribution in [2.24, 2.45) is 0 Å². The first-order valence-electron chi connectivity index (χ1n) is 11.0. The van der Waals surface area contributed by atoms with E-state index in [4.69, 9.17) is 16.6 Å². The maximum absolute atomic E-state index is 14.1. The van der Waals surface area contributed by atoms with E-state index in [9.17, 15) is 4.39 Å². The first kappa shape index (κ1) is 20.1. The van der Waals surface area contributed by atoms with Crippen LogP contribution in [0.2, 0.25) is 0 Å². The molecule has 31 heavy (non-hydrogen) atoms. The molecule has 2 aliphatic rings. The number of rotatable bonds is 3. The van der Waals surface area contributed by atoms with Crippen LogP contribution in [0.15, 0.2) is 24.5 Å². The van der Waals surface area contributed by atoms with Crippen LogP contribution in [-0.4, -0.2) is 68.8 Å². The fourth-order valence-electron chi connectivity index (χ4n) is 4.98. The lowest BCUT2D eigenvalue weighted by molar-refractivity contribution is 0.0815. The van der Waals surface area contributed by atoms with Crippen LogP contribution in [0, 0.1) is 5.82 Å². The Morgan fingerprint density at radius 3 is 2.39 bits per heavy atom. The zero-order chi connectivity index (χ0) is 21.5.